The number of fused-ring (bicyclic) bond motifs is 3. The van der Waals surface area contributed by atoms with E-state index in [0.29, 0.717) is 5.41 Å². The first-order valence-corrected chi connectivity index (χ1v) is 11.4. The van der Waals surface area contributed by atoms with Crippen LogP contribution in [0.4, 0.5) is 4.79 Å². The Balaban J connectivity index is 0.000000567. The molecule has 172 valence electrons. The zero-order valence-corrected chi connectivity index (χ0v) is 18.6. The number of hydrogen-bond acceptors (Lipinski definition) is 4. The van der Waals surface area contributed by atoms with Crippen LogP contribution in [-0.4, -0.2) is 30.1 Å². The second-order valence-electron chi connectivity index (χ2n) is 9.35. The number of carbonyl (C=O) groups is 1. The number of hydrogen-bond donors (Lipinski definition) is 2. The maximum absolute atomic E-state index is 8.56. The van der Waals surface area contributed by atoms with Crippen molar-refractivity contribution in [2.24, 2.45) is 11.3 Å². The maximum Gasteiger partial charge on any atom is 0.503 e. The van der Waals surface area contributed by atoms with Gasteiger partial charge in [0.1, 0.15) is 17.2 Å². The Bertz CT molecular complexity index is 890. The highest BCUT2D eigenvalue weighted by molar-refractivity contribution is 5.53. The molecule has 2 aliphatic carbocycles. The molecule has 0 radical (unpaired) electrons. The van der Waals surface area contributed by atoms with Crippen LogP contribution in [-0.2, 0) is 10.3 Å². The van der Waals surface area contributed by atoms with Gasteiger partial charge < -0.3 is 24.4 Å². The first kappa shape index (κ1) is 22.5. The zero-order chi connectivity index (χ0) is 22.6. The fourth-order valence-corrected chi connectivity index (χ4v) is 5.00. The van der Waals surface area contributed by atoms with Gasteiger partial charge in [-0.3, -0.25) is 0 Å². The lowest BCUT2D eigenvalue weighted by Crippen LogP contribution is -2.49. The Hall–Kier alpha value is -2.73. The van der Waals surface area contributed by atoms with Crippen molar-refractivity contribution in [2.45, 2.75) is 57.0 Å². The molecule has 2 bridgehead atoms. The van der Waals surface area contributed by atoms with Gasteiger partial charge in [0.2, 0.25) is 0 Å². The van der Waals surface area contributed by atoms with Crippen LogP contribution in [0.25, 0.3) is 0 Å². The maximum atomic E-state index is 8.56. The van der Waals surface area contributed by atoms with E-state index in [1.165, 1.54) is 44.1 Å². The fraction of sp³-hybridized carbons (Fsp3) is 0.500. The summed E-state index contributed by atoms with van der Waals surface area (Å²) < 4.78 is 17.9. The Morgan fingerprint density at radius 1 is 1.00 bits per heavy atom. The van der Waals surface area contributed by atoms with Crippen LogP contribution < -0.4 is 9.47 Å². The summed E-state index contributed by atoms with van der Waals surface area (Å²) in [6.45, 7) is 0.934. The Labute approximate surface area is 189 Å². The van der Waals surface area contributed by atoms with Gasteiger partial charge in [-0.1, -0.05) is 25.0 Å². The van der Waals surface area contributed by atoms with E-state index in [4.69, 9.17) is 29.2 Å². The minimum Gasteiger partial charge on any atom is -0.497 e. The minimum absolute atomic E-state index is 0.111. The highest BCUT2D eigenvalue weighted by Gasteiger charge is 2.50. The molecule has 2 N–H and O–H groups in total. The molecule has 6 heteroatoms. The predicted octanol–water partition coefficient (Wildman–Crippen LogP) is 6.69. The summed E-state index contributed by atoms with van der Waals surface area (Å²) in [6, 6.07) is 16.2. The number of rotatable bonds is 7. The first-order chi connectivity index (χ1) is 15.4. The molecular formula is C26H32O6. The van der Waals surface area contributed by atoms with Crippen molar-refractivity contribution in [2.75, 3.05) is 13.7 Å². The van der Waals surface area contributed by atoms with Crippen LogP contribution >= 0.6 is 0 Å². The summed E-state index contributed by atoms with van der Waals surface area (Å²) >= 11 is 0. The first-order valence-electron chi connectivity index (χ1n) is 11.4. The molecule has 2 aliphatic heterocycles. The largest absolute Gasteiger partial charge is 0.503 e. The molecular weight excluding hydrogens is 408 g/mol. The van der Waals surface area contributed by atoms with E-state index in [9.17, 15) is 0 Å². The van der Waals surface area contributed by atoms with Crippen molar-refractivity contribution in [1.82, 2.24) is 0 Å². The van der Waals surface area contributed by atoms with Crippen LogP contribution in [0.5, 0.6) is 17.2 Å². The smallest absolute Gasteiger partial charge is 0.497 e. The molecule has 2 aromatic rings. The van der Waals surface area contributed by atoms with E-state index in [1.54, 1.807) is 7.11 Å². The van der Waals surface area contributed by atoms with Crippen molar-refractivity contribution in [3.8, 4) is 17.2 Å². The summed E-state index contributed by atoms with van der Waals surface area (Å²) in [7, 11) is 1.67. The van der Waals surface area contributed by atoms with Gasteiger partial charge in [-0.05, 0) is 91.8 Å². The van der Waals surface area contributed by atoms with Gasteiger partial charge in [0, 0.05) is 0 Å². The van der Waals surface area contributed by atoms with Crippen molar-refractivity contribution in [3.63, 3.8) is 0 Å². The van der Waals surface area contributed by atoms with E-state index in [-0.39, 0.29) is 5.60 Å². The molecule has 6 nitrogen and oxygen atoms in total. The Kier molecular flexibility index (Phi) is 6.60. The molecule has 2 saturated heterocycles. The second kappa shape index (κ2) is 9.41. The number of carboxylic acid groups (broad SMARTS) is 2. The van der Waals surface area contributed by atoms with Crippen LogP contribution in [0.2, 0.25) is 0 Å². The number of ether oxygens (including phenoxy) is 3. The lowest BCUT2D eigenvalue weighted by Gasteiger charge is -2.53. The lowest BCUT2D eigenvalue weighted by atomic mass is 9.62. The predicted molar refractivity (Wildman–Crippen MR) is 121 cm³/mol. The van der Waals surface area contributed by atoms with Crippen LogP contribution in [0.3, 0.4) is 0 Å². The molecule has 32 heavy (non-hydrogen) atoms. The standard InChI is InChI=1S/C25H30O3.CH2O3/c1-26-21-7-9-22(10-8-21)28-23-4-2-3-20(17-23)25-15-13-24(14-16-25,18-27-25)12-11-19-5-6-19;2-1(3)4/h2-4,7-10,17,19H,5-6,11-16,18H2,1H3;(H2,2,3,4). The average molecular weight is 441 g/mol. The summed E-state index contributed by atoms with van der Waals surface area (Å²) in [5, 5.41) is 13.9. The summed E-state index contributed by atoms with van der Waals surface area (Å²) in [6.07, 6.45) is 8.78. The normalized spacial score (nSPS) is 26.0. The molecule has 0 atom stereocenters. The third kappa shape index (κ3) is 5.36. The number of benzene rings is 2. The molecule has 0 unspecified atom stereocenters. The highest BCUT2D eigenvalue weighted by Crippen LogP contribution is 2.56. The van der Waals surface area contributed by atoms with Crippen LogP contribution in [0.1, 0.15) is 56.9 Å². The van der Waals surface area contributed by atoms with Gasteiger partial charge in [0.25, 0.3) is 0 Å². The quantitative estimate of drug-likeness (QED) is 0.499. The molecule has 0 spiro atoms. The molecule has 2 saturated carbocycles. The third-order valence-electron chi connectivity index (χ3n) is 7.21. The van der Waals surface area contributed by atoms with E-state index in [0.717, 1.165) is 42.6 Å². The monoisotopic (exact) mass is 440 g/mol. The molecule has 0 aromatic heterocycles. The topological polar surface area (TPSA) is 85.2 Å². The summed E-state index contributed by atoms with van der Waals surface area (Å²) in [4.78, 5) is 8.56. The number of methoxy groups -OCH3 is 1. The third-order valence-corrected chi connectivity index (χ3v) is 7.21. The van der Waals surface area contributed by atoms with Gasteiger partial charge in [-0.2, -0.15) is 0 Å². The molecule has 0 amide bonds. The van der Waals surface area contributed by atoms with Crippen molar-refractivity contribution in [3.05, 3.63) is 54.1 Å². The Morgan fingerprint density at radius 2 is 1.66 bits per heavy atom. The Morgan fingerprint density at radius 3 is 2.22 bits per heavy atom. The van der Waals surface area contributed by atoms with E-state index < -0.39 is 6.16 Å². The highest BCUT2D eigenvalue weighted by atomic mass is 16.6. The van der Waals surface area contributed by atoms with Crippen molar-refractivity contribution < 1.29 is 29.2 Å². The molecule has 4 aliphatic rings. The molecule has 6 rings (SSSR count). The summed E-state index contributed by atoms with van der Waals surface area (Å²) in [5.41, 5.74) is 1.62. The lowest BCUT2D eigenvalue weighted by molar-refractivity contribution is -0.192. The van der Waals surface area contributed by atoms with Crippen molar-refractivity contribution in [1.29, 1.82) is 0 Å². The fourth-order valence-electron chi connectivity index (χ4n) is 5.00. The SMILES string of the molecule is COc1ccc(Oc2cccc(C34CCC(CCC5CC5)(CC3)CO4)c2)cc1.O=C(O)O. The van der Waals surface area contributed by atoms with Gasteiger partial charge in [-0.25, -0.2) is 4.79 Å². The van der Waals surface area contributed by atoms with Gasteiger partial charge in [0.15, 0.2) is 0 Å². The molecule has 4 fully saturated rings. The van der Waals surface area contributed by atoms with Gasteiger partial charge in [-0.15, -0.1) is 0 Å². The van der Waals surface area contributed by atoms with E-state index in [1.807, 2.05) is 30.3 Å². The molecule has 2 heterocycles. The van der Waals surface area contributed by atoms with Crippen LogP contribution in [0.15, 0.2) is 48.5 Å². The summed E-state index contributed by atoms with van der Waals surface area (Å²) in [5.74, 6) is 3.55. The molecule has 2 aromatic carbocycles. The van der Waals surface area contributed by atoms with Crippen molar-refractivity contribution >= 4 is 6.16 Å². The second-order valence-corrected chi connectivity index (χ2v) is 9.35. The average Bonchev–Trinajstić information content (AvgIpc) is 3.64. The zero-order valence-electron chi connectivity index (χ0n) is 18.6. The van der Waals surface area contributed by atoms with E-state index in [2.05, 4.69) is 18.2 Å². The van der Waals surface area contributed by atoms with Crippen LogP contribution in [0, 0.1) is 11.3 Å². The van der Waals surface area contributed by atoms with Gasteiger partial charge in [0.05, 0.1) is 19.3 Å². The van der Waals surface area contributed by atoms with E-state index >= 15 is 0 Å². The van der Waals surface area contributed by atoms with Gasteiger partial charge >= 0.3 is 6.16 Å². The minimum atomic E-state index is -1.83.